The van der Waals surface area contributed by atoms with Gasteiger partial charge in [-0.2, -0.15) is 0 Å². The van der Waals surface area contributed by atoms with Gasteiger partial charge in [-0.3, -0.25) is 4.79 Å². The number of ether oxygens (including phenoxy) is 2. The molecular formula is C20H23NO3S. The van der Waals surface area contributed by atoms with Crippen LogP contribution in [-0.4, -0.2) is 24.9 Å². The molecule has 0 fully saturated rings. The van der Waals surface area contributed by atoms with Crippen LogP contribution in [0.1, 0.15) is 35.3 Å². The van der Waals surface area contributed by atoms with Gasteiger partial charge in [0.25, 0.3) is 5.91 Å². The zero-order valence-electron chi connectivity index (χ0n) is 14.8. The number of thioether (sulfide) groups is 1. The van der Waals surface area contributed by atoms with E-state index in [1.165, 1.54) is 5.56 Å². The van der Waals surface area contributed by atoms with Gasteiger partial charge in [0, 0.05) is 29.0 Å². The SMILES string of the molecule is CCOc1cc2c(cc1CNC(=O)c1ccccc1SC)OC(C)C2. The number of hydrogen-bond donors (Lipinski definition) is 1. The van der Waals surface area contributed by atoms with Gasteiger partial charge >= 0.3 is 0 Å². The normalized spacial score (nSPS) is 15.4. The van der Waals surface area contributed by atoms with Crippen molar-refractivity contribution in [3.8, 4) is 11.5 Å². The van der Waals surface area contributed by atoms with Crippen molar-refractivity contribution in [3.63, 3.8) is 0 Å². The summed E-state index contributed by atoms with van der Waals surface area (Å²) in [6.07, 6.45) is 3.05. The van der Waals surface area contributed by atoms with Gasteiger partial charge in [0.15, 0.2) is 0 Å². The zero-order valence-corrected chi connectivity index (χ0v) is 15.6. The third-order valence-electron chi connectivity index (χ3n) is 4.17. The summed E-state index contributed by atoms with van der Waals surface area (Å²) in [6.45, 7) is 5.01. The van der Waals surface area contributed by atoms with Crippen LogP contribution in [-0.2, 0) is 13.0 Å². The molecule has 1 aliphatic rings. The van der Waals surface area contributed by atoms with Crippen LogP contribution in [0.4, 0.5) is 0 Å². The molecule has 1 unspecified atom stereocenters. The van der Waals surface area contributed by atoms with E-state index < -0.39 is 0 Å². The molecule has 2 aromatic carbocycles. The summed E-state index contributed by atoms with van der Waals surface area (Å²) >= 11 is 1.57. The molecule has 0 saturated carbocycles. The highest BCUT2D eigenvalue weighted by atomic mass is 32.2. The summed E-state index contributed by atoms with van der Waals surface area (Å²) < 4.78 is 11.6. The van der Waals surface area contributed by atoms with Gasteiger partial charge in [-0.15, -0.1) is 11.8 Å². The van der Waals surface area contributed by atoms with Gasteiger partial charge in [0.2, 0.25) is 0 Å². The van der Waals surface area contributed by atoms with E-state index in [0.717, 1.165) is 28.4 Å². The monoisotopic (exact) mass is 357 g/mol. The van der Waals surface area contributed by atoms with Gasteiger partial charge in [0.1, 0.15) is 17.6 Å². The molecule has 1 atom stereocenters. The van der Waals surface area contributed by atoms with Gasteiger partial charge in [-0.1, -0.05) is 12.1 Å². The van der Waals surface area contributed by atoms with Crippen LogP contribution < -0.4 is 14.8 Å². The quantitative estimate of drug-likeness (QED) is 0.792. The van der Waals surface area contributed by atoms with Crippen LogP contribution >= 0.6 is 11.8 Å². The molecule has 1 aliphatic heterocycles. The summed E-state index contributed by atoms with van der Waals surface area (Å²) in [5, 5.41) is 3.00. The largest absolute Gasteiger partial charge is 0.494 e. The fourth-order valence-corrected chi connectivity index (χ4v) is 3.61. The number of rotatable bonds is 6. The van der Waals surface area contributed by atoms with Crippen LogP contribution in [0.2, 0.25) is 0 Å². The van der Waals surface area contributed by atoms with Crippen LogP contribution in [0.25, 0.3) is 0 Å². The summed E-state index contributed by atoms with van der Waals surface area (Å²) in [4.78, 5) is 13.5. The molecule has 0 spiro atoms. The summed E-state index contributed by atoms with van der Waals surface area (Å²) in [7, 11) is 0. The molecule has 1 amide bonds. The molecule has 0 radical (unpaired) electrons. The fourth-order valence-electron chi connectivity index (χ4n) is 3.01. The first-order chi connectivity index (χ1) is 12.1. The Balaban J connectivity index is 1.78. The summed E-state index contributed by atoms with van der Waals surface area (Å²) in [6, 6.07) is 11.7. The number of fused-ring (bicyclic) bond motifs is 1. The van der Waals surface area contributed by atoms with E-state index in [9.17, 15) is 4.79 Å². The van der Waals surface area contributed by atoms with Crippen molar-refractivity contribution in [2.75, 3.05) is 12.9 Å². The van der Waals surface area contributed by atoms with E-state index in [1.807, 2.05) is 49.6 Å². The molecule has 4 nitrogen and oxygen atoms in total. The van der Waals surface area contributed by atoms with Crippen molar-refractivity contribution < 1.29 is 14.3 Å². The molecule has 0 aromatic heterocycles. The maximum atomic E-state index is 12.6. The molecule has 132 valence electrons. The molecule has 1 heterocycles. The molecule has 2 aromatic rings. The zero-order chi connectivity index (χ0) is 17.8. The highest BCUT2D eigenvalue weighted by Crippen LogP contribution is 2.35. The van der Waals surface area contributed by atoms with Crippen molar-refractivity contribution >= 4 is 17.7 Å². The minimum atomic E-state index is -0.0813. The smallest absolute Gasteiger partial charge is 0.252 e. The second-order valence-electron chi connectivity index (χ2n) is 6.02. The Morgan fingerprint density at radius 3 is 2.92 bits per heavy atom. The van der Waals surface area contributed by atoms with Crippen molar-refractivity contribution in [2.45, 2.75) is 37.8 Å². The first-order valence-corrected chi connectivity index (χ1v) is 9.71. The average molecular weight is 357 g/mol. The van der Waals surface area contributed by atoms with Crippen LogP contribution in [0.3, 0.4) is 0 Å². The van der Waals surface area contributed by atoms with E-state index in [1.54, 1.807) is 11.8 Å². The Labute approximate surface area is 152 Å². The van der Waals surface area contributed by atoms with Crippen molar-refractivity contribution in [2.24, 2.45) is 0 Å². The second-order valence-corrected chi connectivity index (χ2v) is 6.86. The standard InChI is InChI=1S/C20H23NO3S/c1-4-23-17-10-14-9-13(2)24-18(14)11-15(17)12-21-20(22)16-7-5-6-8-19(16)25-3/h5-8,10-11,13H,4,9,12H2,1-3H3,(H,21,22). The number of carbonyl (C=O) groups is 1. The highest BCUT2D eigenvalue weighted by molar-refractivity contribution is 7.98. The molecule has 25 heavy (non-hydrogen) atoms. The minimum Gasteiger partial charge on any atom is -0.494 e. The number of nitrogens with one attached hydrogen (secondary N) is 1. The van der Waals surface area contributed by atoms with Gasteiger partial charge in [0.05, 0.1) is 12.2 Å². The van der Waals surface area contributed by atoms with E-state index in [2.05, 4.69) is 12.2 Å². The Kier molecular flexibility index (Phi) is 5.53. The lowest BCUT2D eigenvalue weighted by molar-refractivity contribution is 0.0947. The van der Waals surface area contributed by atoms with E-state index >= 15 is 0 Å². The topological polar surface area (TPSA) is 47.6 Å². The third-order valence-corrected chi connectivity index (χ3v) is 4.97. The fraction of sp³-hybridized carbons (Fsp3) is 0.350. The number of benzene rings is 2. The molecule has 5 heteroatoms. The van der Waals surface area contributed by atoms with Gasteiger partial charge in [-0.25, -0.2) is 0 Å². The first kappa shape index (κ1) is 17.7. The molecule has 1 N–H and O–H groups in total. The van der Waals surface area contributed by atoms with Crippen LogP contribution in [0.15, 0.2) is 41.3 Å². The lowest BCUT2D eigenvalue weighted by Crippen LogP contribution is -2.23. The first-order valence-electron chi connectivity index (χ1n) is 8.48. The maximum Gasteiger partial charge on any atom is 0.252 e. The Hall–Kier alpha value is -2.14. The lowest BCUT2D eigenvalue weighted by Gasteiger charge is -2.14. The highest BCUT2D eigenvalue weighted by Gasteiger charge is 2.22. The minimum absolute atomic E-state index is 0.0813. The summed E-state index contributed by atoms with van der Waals surface area (Å²) in [5.41, 5.74) is 2.79. The predicted molar refractivity (Wildman–Crippen MR) is 101 cm³/mol. The van der Waals surface area contributed by atoms with Crippen LogP contribution in [0.5, 0.6) is 11.5 Å². The van der Waals surface area contributed by atoms with E-state index in [4.69, 9.17) is 9.47 Å². The Morgan fingerprint density at radius 2 is 2.16 bits per heavy atom. The number of amides is 1. The maximum absolute atomic E-state index is 12.6. The van der Waals surface area contributed by atoms with E-state index in [0.29, 0.717) is 18.7 Å². The molecule has 0 saturated heterocycles. The second kappa shape index (κ2) is 7.83. The van der Waals surface area contributed by atoms with Crippen LogP contribution in [0, 0.1) is 0 Å². The van der Waals surface area contributed by atoms with Gasteiger partial charge in [-0.05, 0) is 44.4 Å². The number of carbonyl (C=O) groups excluding carboxylic acids is 1. The average Bonchev–Trinajstić information content (AvgIpc) is 2.98. The van der Waals surface area contributed by atoms with Gasteiger partial charge < -0.3 is 14.8 Å². The summed E-state index contributed by atoms with van der Waals surface area (Å²) in [5.74, 6) is 1.63. The predicted octanol–water partition coefficient (Wildman–Crippen LogP) is 4.06. The lowest BCUT2D eigenvalue weighted by atomic mass is 10.1. The molecule has 0 bridgehead atoms. The Morgan fingerprint density at radius 1 is 1.36 bits per heavy atom. The molecule has 3 rings (SSSR count). The molecule has 0 aliphatic carbocycles. The third kappa shape index (κ3) is 3.93. The molecular weight excluding hydrogens is 334 g/mol. The Bertz CT molecular complexity index is 776. The van der Waals surface area contributed by atoms with Crippen molar-refractivity contribution in [1.29, 1.82) is 0 Å². The number of hydrogen-bond acceptors (Lipinski definition) is 4. The van der Waals surface area contributed by atoms with E-state index in [-0.39, 0.29) is 12.0 Å². The van der Waals surface area contributed by atoms with Crippen molar-refractivity contribution in [1.82, 2.24) is 5.32 Å². The van der Waals surface area contributed by atoms with Crippen molar-refractivity contribution in [3.05, 3.63) is 53.1 Å².